The molecule has 0 bridgehead atoms. The normalized spacial score (nSPS) is 17.8. The van der Waals surface area contributed by atoms with E-state index >= 15 is 0 Å². The van der Waals surface area contributed by atoms with Crippen molar-refractivity contribution in [2.45, 2.75) is 25.4 Å². The van der Waals surface area contributed by atoms with Crippen LogP contribution in [0.2, 0.25) is 0 Å². The number of ketones is 1. The van der Waals surface area contributed by atoms with Gasteiger partial charge in [0.2, 0.25) is 0 Å². The van der Waals surface area contributed by atoms with Gasteiger partial charge in [0, 0.05) is 12.3 Å². The third kappa shape index (κ3) is 2.19. The highest BCUT2D eigenvalue weighted by atomic mass is 19.1. The van der Waals surface area contributed by atoms with Crippen LogP contribution in [0.1, 0.15) is 18.4 Å². The molecule has 14 heavy (non-hydrogen) atoms. The fourth-order valence-electron chi connectivity index (χ4n) is 1.55. The van der Waals surface area contributed by atoms with Crippen LogP contribution in [0.25, 0.3) is 0 Å². The van der Waals surface area contributed by atoms with Gasteiger partial charge in [0.25, 0.3) is 0 Å². The summed E-state index contributed by atoms with van der Waals surface area (Å²) in [4.78, 5) is 11.3. The molecule has 1 atom stereocenters. The van der Waals surface area contributed by atoms with Crippen LogP contribution in [0.5, 0.6) is 0 Å². The minimum atomic E-state index is -1.30. The molecule has 2 rings (SSSR count). The molecule has 1 aliphatic rings. The highest BCUT2D eigenvalue weighted by Gasteiger charge is 2.34. The van der Waals surface area contributed by atoms with Crippen molar-refractivity contribution in [3.63, 3.8) is 0 Å². The summed E-state index contributed by atoms with van der Waals surface area (Å²) < 4.78 is 13.4. The summed E-state index contributed by atoms with van der Waals surface area (Å²) in [6.07, 6.45) is 0.697. The Morgan fingerprint density at radius 1 is 1.36 bits per heavy atom. The van der Waals surface area contributed by atoms with Gasteiger partial charge in [-0.05, 0) is 18.4 Å². The third-order valence-electron chi connectivity index (χ3n) is 2.55. The molecule has 1 fully saturated rings. The smallest absolute Gasteiger partial charge is 0.170 e. The second kappa shape index (κ2) is 3.91. The summed E-state index contributed by atoms with van der Waals surface area (Å²) in [6.45, 7) is 0. The fourth-order valence-corrected chi connectivity index (χ4v) is 1.55. The number of benzene rings is 1. The largest absolute Gasteiger partial charge is 0.296 e. The lowest BCUT2D eigenvalue weighted by Crippen LogP contribution is -2.19. The van der Waals surface area contributed by atoms with E-state index in [0.717, 1.165) is 18.4 Å². The zero-order chi connectivity index (χ0) is 9.97. The Bertz CT molecular complexity index is 316. The summed E-state index contributed by atoms with van der Waals surface area (Å²) in [6, 6.07) is 9.33. The number of hydrogen-bond donors (Lipinski definition) is 0. The summed E-state index contributed by atoms with van der Waals surface area (Å²) in [7, 11) is 0. The molecule has 0 heterocycles. The second-order valence-electron chi connectivity index (χ2n) is 3.83. The molecular weight excluding hydrogens is 179 g/mol. The van der Waals surface area contributed by atoms with E-state index in [-0.39, 0.29) is 18.1 Å². The van der Waals surface area contributed by atoms with Crippen molar-refractivity contribution in [2.24, 2.45) is 5.92 Å². The van der Waals surface area contributed by atoms with Crippen LogP contribution >= 0.6 is 0 Å². The van der Waals surface area contributed by atoms with E-state index in [2.05, 4.69) is 0 Å². The van der Waals surface area contributed by atoms with Gasteiger partial charge in [-0.1, -0.05) is 30.3 Å². The van der Waals surface area contributed by atoms with Crippen LogP contribution in [-0.4, -0.2) is 12.0 Å². The third-order valence-corrected chi connectivity index (χ3v) is 2.55. The monoisotopic (exact) mass is 192 g/mol. The molecule has 1 aliphatic carbocycles. The SMILES string of the molecule is O=C(C(F)Cc1ccccc1)C1CC1. The summed E-state index contributed by atoms with van der Waals surface area (Å²) in [5.41, 5.74) is 0.897. The average molecular weight is 192 g/mol. The molecule has 2 heteroatoms. The zero-order valence-electron chi connectivity index (χ0n) is 7.95. The lowest BCUT2D eigenvalue weighted by molar-refractivity contribution is -0.125. The van der Waals surface area contributed by atoms with E-state index in [9.17, 15) is 9.18 Å². The highest BCUT2D eigenvalue weighted by molar-refractivity contribution is 5.87. The fraction of sp³-hybridized carbons (Fsp3) is 0.417. The molecule has 1 saturated carbocycles. The molecule has 1 aromatic carbocycles. The van der Waals surface area contributed by atoms with Gasteiger partial charge in [-0.15, -0.1) is 0 Å². The Morgan fingerprint density at radius 3 is 2.57 bits per heavy atom. The van der Waals surface area contributed by atoms with Gasteiger partial charge < -0.3 is 0 Å². The Morgan fingerprint density at radius 2 is 2.00 bits per heavy atom. The van der Waals surface area contributed by atoms with Gasteiger partial charge in [0.15, 0.2) is 12.0 Å². The van der Waals surface area contributed by atoms with Crippen molar-refractivity contribution in [1.29, 1.82) is 0 Å². The molecule has 0 saturated heterocycles. The predicted molar refractivity (Wildman–Crippen MR) is 52.8 cm³/mol. The second-order valence-corrected chi connectivity index (χ2v) is 3.83. The van der Waals surface area contributed by atoms with Crippen LogP contribution in [0.4, 0.5) is 4.39 Å². The number of carbonyl (C=O) groups is 1. The van der Waals surface area contributed by atoms with E-state index in [1.54, 1.807) is 0 Å². The Balaban J connectivity index is 1.93. The van der Waals surface area contributed by atoms with Gasteiger partial charge in [0.1, 0.15) is 0 Å². The van der Waals surface area contributed by atoms with E-state index in [1.165, 1.54) is 0 Å². The van der Waals surface area contributed by atoms with Crippen molar-refractivity contribution in [3.8, 4) is 0 Å². The van der Waals surface area contributed by atoms with Gasteiger partial charge >= 0.3 is 0 Å². The number of carbonyl (C=O) groups excluding carboxylic acids is 1. The van der Waals surface area contributed by atoms with Crippen LogP contribution in [-0.2, 0) is 11.2 Å². The maximum absolute atomic E-state index is 13.4. The maximum Gasteiger partial charge on any atom is 0.170 e. The van der Waals surface area contributed by atoms with Gasteiger partial charge in [-0.2, -0.15) is 0 Å². The summed E-state index contributed by atoms with van der Waals surface area (Å²) >= 11 is 0. The van der Waals surface area contributed by atoms with Gasteiger partial charge in [0.05, 0.1) is 0 Å². The lowest BCUT2D eigenvalue weighted by atomic mass is 10.0. The van der Waals surface area contributed by atoms with E-state index in [0.29, 0.717) is 0 Å². The quantitative estimate of drug-likeness (QED) is 0.716. The van der Waals surface area contributed by atoms with Crippen molar-refractivity contribution in [3.05, 3.63) is 35.9 Å². The van der Waals surface area contributed by atoms with E-state index < -0.39 is 6.17 Å². The molecule has 1 nitrogen and oxygen atoms in total. The summed E-state index contributed by atoms with van der Waals surface area (Å²) in [5, 5.41) is 0. The molecule has 0 amide bonds. The first-order chi connectivity index (χ1) is 6.77. The van der Waals surface area contributed by atoms with Crippen LogP contribution in [0.15, 0.2) is 30.3 Å². The molecule has 1 aromatic rings. The standard InChI is InChI=1S/C12H13FO/c13-11(12(14)10-6-7-10)8-9-4-2-1-3-5-9/h1-5,10-11H,6-8H2. The highest BCUT2D eigenvalue weighted by Crippen LogP contribution is 2.32. The summed E-state index contributed by atoms with van der Waals surface area (Å²) in [5.74, 6) is -0.178. The molecule has 0 spiro atoms. The Hall–Kier alpha value is -1.18. The molecule has 0 N–H and O–H groups in total. The first-order valence-electron chi connectivity index (χ1n) is 4.99. The van der Waals surface area contributed by atoms with Crippen molar-refractivity contribution >= 4 is 5.78 Å². The zero-order valence-corrected chi connectivity index (χ0v) is 7.95. The molecular formula is C12H13FO. The first kappa shape index (κ1) is 9.38. The minimum Gasteiger partial charge on any atom is -0.296 e. The van der Waals surface area contributed by atoms with Crippen molar-refractivity contribution < 1.29 is 9.18 Å². The molecule has 0 radical (unpaired) electrons. The van der Waals surface area contributed by atoms with Crippen LogP contribution < -0.4 is 0 Å². The number of halogens is 1. The first-order valence-corrected chi connectivity index (χ1v) is 4.99. The molecule has 0 aromatic heterocycles. The van der Waals surface area contributed by atoms with E-state index in [1.807, 2.05) is 30.3 Å². The maximum atomic E-state index is 13.4. The molecule has 1 unspecified atom stereocenters. The molecule has 0 aliphatic heterocycles. The topological polar surface area (TPSA) is 17.1 Å². The number of alkyl halides is 1. The molecule has 74 valence electrons. The lowest BCUT2D eigenvalue weighted by Gasteiger charge is -2.05. The van der Waals surface area contributed by atoms with Crippen LogP contribution in [0.3, 0.4) is 0 Å². The number of rotatable bonds is 4. The minimum absolute atomic E-state index is 0.0220. The van der Waals surface area contributed by atoms with Crippen LogP contribution in [0, 0.1) is 5.92 Å². The van der Waals surface area contributed by atoms with Gasteiger partial charge in [-0.3, -0.25) is 4.79 Å². The number of Topliss-reactive ketones (excluding diaryl/α,β-unsaturated/α-hetero) is 1. The van der Waals surface area contributed by atoms with Crippen molar-refractivity contribution in [2.75, 3.05) is 0 Å². The number of hydrogen-bond acceptors (Lipinski definition) is 1. The Kier molecular flexibility index (Phi) is 2.62. The van der Waals surface area contributed by atoms with Crippen molar-refractivity contribution in [1.82, 2.24) is 0 Å². The predicted octanol–water partition coefficient (Wildman–Crippen LogP) is 2.55. The van der Waals surface area contributed by atoms with E-state index in [4.69, 9.17) is 0 Å². The average Bonchev–Trinajstić information content (AvgIpc) is 3.01. The van der Waals surface area contributed by atoms with Gasteiger partial charge in [-0.25, -0.2) is 4.39 Å². The Labute approximate surface area is 82.9 Å².